The Hall–Kier alpha value is -2.00. The van der Waals surface area contributed by atoms with Gasteiger partial charge in [-0.25, -0.2) is 0 Å². The summed E-state index contributed by atoms with van der Waals surface area (Å²) in [4.78, 5) is 14.5. The van der Waals surface area contributed by atoms with Gasteiger partial charge in [-0.1, -0.05) is 35.9 Å². The zero-order valence-electron chi connectivity index (χ0n) is 13.4. The van der Waals surface area contributed by atoms with Gasteiger partial charge >= 0.3 is 0 Å². The summed E-state index contributed by atoms with van der Waals surface area (Å²) < 4.78 is 5.80. The summed E-state index contributed by atoms with van der Waals surface area (Å²) in [5, 5.41) is 0.698. The Bertz CT molecular complexity index is 729. The number of nitrogens with zero attached hydrogens (tertiary/aromatic N) is 1. The Labute approximate surface area is 141 Å². The molecular formula is C19H20ClNO2. The largest absolute Gasteiger partial charge is 0.481 e. The number of aryl methyl sites for hydroxylation is 1. The van der Waals surface area contributed by atoms with E-state index in [0.29, 0.717) is 17.3 Å². The molecule has 4 heteroatoms. The van der Waals surface area contributed by atoms with Crippen LogP contribution in [0.15, 0.2) is 42.5 Å². The van der Waals surface area contributed by atoms with Gasteiger partial charge in [0.1, 0.15) is 5.75 Å². The van der Waals surface area contributed by atoms with Crippen LogP contribution in [0.25, 0.3) is 0 Å². The molecular weight excluding hydrogens is 310 g/mol. The average molecular weight is 330 g/mol. The number of benzene rings is 2. The fourth-order valence-corrected chi connectivity index (χ4v) is 3.00. The summed E-state index contributed by atoms with van der Waals surface area (Å²) in [5.41, 5.74) is 3.50. The number of fused-ring (bicyclic) bond motifs is 1. The fraction of sp³-hybridized carbons (Fsp3) is 0.316. The summed E-state index contributed by atoms with van der Waals surface area (Å²) in [6, 6.07) is 13.7. The number of carbonyl (C=O) groups is 1. The number of amides is 1. The molecule has 0 bridgehead atoms. The Morgan fingerprint density at radius 1 is 1.22 bits per heavy atom. The summed E-state index contributed by atoms with van der Waals surface area (Å²) in [6.07, 6.45) is 0.384. The molecule has 0 saturated heterocycles. The average Bonchev–Trinajstić information content (AvgIpc) is 2.57. The summed E-state index contributed by atoms with van der Waals surface area (Å²) in [7, 11) is 0. The molecule has 23 heavy (non-hydrogen) atoms. The van der Waals surface area contributed by atoms with E-state index in [2.05, 4.69) is 12.1 Å². The predicted molar refractivity (Wildman–Crippen MR) is 91.8 cm³/mol. The highest BCUT2D eigenvalue weighted by atomic mass is 35.5. The SMILES string of the molecule is Cc1cc(O[C@@H](C)C(=O)N2CCc3ccccc3C2)ccc1Cl. The van der Waals surface area contributed by atoms with E-state index in [1.54, 1.807) is 19.1 Å². The zero-order valence-corrected chi connectivity index (χ0v) is 14.1. The van der Waals surface area contributed by atoms with E-state index in [1.165, 1.54) is 11.1 Å². The van der Waals surface area contributed by atoms with Gasteiger partial charge in [-0.2, -0.15) is 0 Å². The van der Waals surface area contributed by atoms with Crippen molar-refractivity contribution in [2.24, 2.45) is 0 Å². The van der Waals surface area contributed by atoms with Crippen molar-refractivity contribution in [1.82, 2.24) is 4.90 Å². The van der Waals surface area contributed by atoms with Crippen LogP contribution < -0.4 is 4.74 Å². The zero-order chi connectivity index (χ0) is 16.4. The van der Waals surface area contributed by atoms with Crippen LogP contribution in [0, 0.1) is 6.92 Å². The molecule has 0 aromatic heterocycles. The van der Waals surface area contributed by atoms with Crippen LogP contribution in [0.3, 0.4) is 0 Å². The smallest absolute Gasteiger partial charge is 0.263 e. The normalized spacial score (nSPS) is 15.0. The van der Waals surface area contributed by atoms with Gasteiger partial charge in [0.25, 0.3) is 5.91 Å². The molecule has 1 amide bonds. The van der Waals surface area contributed by atoms with Gasteiger partial charge in [-0.3, -0.25) is 4.79 Å². The van der Waals surface area contributed by atoms with Gasteiger partial charge in [0.05, 0.1) is 0 Å². The van der Waals surface area contributed by atoms with E-state index < -0.39 is 6.10 Å². The minimum Gasteiger partial charge on any atom is -0.481 e. The van der Waals surface area contributed by atoms with E-state index in [0.717, 1.165) is 18.5 Å². The van der Waals surface area contributed by atoms with Gasteiger partial charge in [0, 0.05) is 18.1 Å². The number of hydrogen-bond acceptors (Lipinski definition) is 2. The minimum atomic E-state index is -0.513. The van der Waals surface area contributed by atoms with Gasteiger partial charge in [-0.15, -0.1) is 0 Å². The second-order valence-corrected chi connectivity index (χ2v) is 6.36. The lowest BCUT2D eigenvalue weighted by atomic mass is 9.99. The lowest BCUT2D eigenvalue weighted by Gasteiger charge is -2.31. The van der Waals surface area contributed by atoms with E-state index in [1.807, 2.05) is 30.0 Å². The van der Waals surface area contributed by atoms with E-state index >= 15 is 0 Å². The molecule has 1 heterocycles. The first-order chi connectivity index (χ1) is 11.0. The van der Waals surface area contributed by atoms with Crippen molar-refractivity contribution >= 4 is 17.5 Å². The highest BCUT2D eigenvalue weighted by Gasteiger charge is 2.25. The molecule has 0 radical (unpaired) electrons. The third-order valence-corrected chi connectivity index (χ3v) is 4.66. The quantitative estimate of drug-likeness (QED) is 0.851. The molecule has 0 saturated carbocycles. The molecule has 2 aromatic rings. The Kier molecular flexibility index (Phi) is 4.58. The third-order valence-electron chi connectivity index (χ3n) is 4.23. The van der Waals surface area contributed by atoms with Crippen LogP contribution in [-0.4, -0.2) is 23.5 Å². The van der Waals surface area contributed by atoms with Gasteiger partial charge in [0.15, 0.2) is 6.10 Å². The number of carbonyl (C=O) groups excluding carboxylic acids is 1. The standard InChI is InChI=1S/C19H20ClNO2/c1-13-11-17(7-8-18(13)20)23-14(2)19(22)21-10-9-15-5-3-4-6-16(15)12-21/h3-8,11,14H,9-10,12H2,1-2H3/t14-/m0/s1. The van der Waals surface area contributed by atoms with Crippen LogP contribution in [0.2, 0.25) is 5.02 Å². The van der Waals surface area contributed by atoms with Gasteiger partial charge < -0.3 is 9.64 Å². The third kappa shape index (κ3) is 3.50. The van der Waals surface area contributed by atoms with Crippen LogP contribution in [0.4, 0.5) is 0 Å². The molecule has 3 rings (SSSR count). The molecule has 0 aliphatic carbocycles. The van der Waals surface area contributed by atoms with E-state index in [9.17, 15) is 4.79 Å². The number of hydrogen-bond donors (Lipinski definition) is 0. The molecule has 0 fully saturated rings. The van der Waals surface area contributed by atoms with Crippen molar-refractivity contribution in [2.45, 2.75) is 32.9 Å². The molecule has 1 aliphatic heterocycles. The molecule has 0 spiro atoms. The lowest BCUT2D eigenvalue weighted by molar-refractivity contribution is -0.138. The van der Waals surface area contributed by atoms with Crippen molar-refractivity contribution in [3.8, 4) is 5.75 Å². The molecule has 1 aliphatic rings. The summed E-state index contributed by atoms with van der Waals surface area (Å²) >= 11 is 6.02. The van der Waals surface area contributed by atoms with Crippen LogP contribution in [-0.2, 0) is 17.8 Å². The van der Waals surface area contributed by atoms with Crippen molar-refractivity contribution in [1.29, 1.82) is 0 Å². The molecule has 120 valence electrons. The van der Waals surface area contributed by atoms with E-state index in [4.69, 9.17) is 16.3 Å². The number of rotatable bonds is 3. The first-order valence-corrected chi connectivity index (χ1v) is 8.21. The number of halogens is 1. The lowest BCUT2D eigenvalue weighted by Crippen LogP contribution is -2.43. The molecule has 2 aromatic carbocycles. The second kappa shape index (κ2) is 6.63. The predicted octanol–water partition coefficient (Wildman–Crippen LogP) is 4.00. The summed E-state index contributed by atoms with van der Waals surface area (Å²) in [5.74, 6) is 0.692. The van der Waals surface area contributed by atoms with Crippen molar-refractivity contribution < 1.29 is 9.53 Å². The maximum atomic E-state index is 12.6. The maximum absolute atomic E-state index is 12.6. The summed E-state index contributed by atoms with van der Waals surface area (Å²) in [6.45, 7) is 5.11. The first-order valence-electron chi connectivity index (χ1n) is 7.83. The highest BCUT2D eigenvalue weighted by molar-refractivity contribution is 6.31. The van der Waals surface area contributed by atoms with Crippen LogP contribution in [0.5, 0.6) is 5.75 Å². The van der Waals surface area contributed by atoms with Crippen LogP contribution in [0.1, 0.15) is 23.6 Å². The topological polar surface area (TPSA) is 29.5 Å². The van der Waals surface area contributed by atoms with Gasteiger partial charge in [0.2, 0.25) is 0 Å². The van der Waals surface area contributed by atoms with Gasteiger partial charge in [-0.05, 0) is 55.2 Å². The first kappa shape index (κ1) is 15.9. The highest BCUT2D eigenvalue weighted by Crippen LogP contribution is 2.23. The maximum Gasteiger partial charge on any atom is 0.263 e. The Morgan fingerprint density at radius 2 is 1.96 bits per heavy atom. The minimum absolute atomic E-state index is 0.0205. The monoisotopic (exact) mass is 329 g/mol. The van der Waals surface area contributed by atoms with Crippen molar-refractivity contribution in [3.05, 3.63) is 64.2 Å². The van der Waals surface area contributed by atoms with E-state index in [-0.39, 0.29) is 5.91 Å². The molecule has 3 nitrogen and oxygen atoms in total. The number of ether oxygens (including phenoxy) is 1. The van der Waals surface area contributed by atoms with Crippen molar-refractivity contribution in [3.63, 3.8) is 0 Å². The van der Waals surface area contributed by atoms with Crippen molar-refractivity contribution in [2.75, 3.05) is 6.54 Å². The second-order valence-electron chi connectivity index (χ2n) is 5.95. The fourth-order valence-electron chi connectivity index (χ4n) is 2.89. The van der Waals surface area contributed by atoms with Crippen LogP contribution >= 0.6 is 11.6 Å². The molecule has 0 N–H and O–H groups in total. The molecule has 1 atom stereocenters. The molecule has 0 unspecified atom stereocenters. The Balaban J connectivity index is 1.67. The Morgan fingerprint density at radius 3 is 2.70 bits per heavy atom.